The van der Waals surface area contributed by atoms with Gasteiger partial charge in [0.05, 0.1) is 19.8 Å². The number of rotatable bonds is 9. The van der Waals surface area contributed by atoms with Crippen LogP contribution in [0, 0.1) is 0 Å². The Bertz CT molecular complexity index is 236. The lowest BCUT2D eigenvalue weighted by Crippen LogP contribution is -2.01. The molecule has 0 rings (SSSR count). The maximum absolute atomic E-state index is 11.9. The zero-order valence-corrected chi connectivity index (χ0v) is 11.6. The van der Waals surface area contributed by atoms with Crippen molar-refractivity contribution in [1.82, 2.24) is 0 Å². The maximum Gasteiger partial charge on any atom is 0.389 e. The van der Waals surface area contributed by atoms with Crippen LogP contribution >= 0.6 is 18.2 Å². The molecule has 16 heavy (non-hydrogen) atoms. The lowest BCUT2D eigenvalue weighted by atomic mass is 10.5. The monoisotopic (exact) mass is 270 g/mol. The number of esters is 1. The smallest absolute Gasteiger partial charge is 0.389 e. The molecule has 0 saturated carbocycles. The molecule has 0 aromatic rings. The van der Waals surface area contributed by atoms with E-state index in [-0.39, 0.29) is 5.97 Å². The van der Waals surface area contributed by atoms with E-state index in [0.29, 0.717) is 32.0 Å². The molecule has 0 N–H and O–H groups in total. The molecule has 96 valence electrons. The van der Waals surface area contributed by atoms with E-state index < -0.39 is 6.80 Å². The third-order valence-corrected chi connectivity index (χ3v) is 5.48. The first-order valence-corrected chi connectivity index (χ1v) is 8.34. The van der Waals surface area contributed by atoms with E-state index >= 15 is 0 Å². The van der Waals surface area contributed by atoms with Crippen molar-refractivity contribution < 1.29 is 23.1 Å². The van der Waals surface area contributed by atoms with Crippen LogP contribution in [0.1, 0.15) is 27.2 Å². The van der Waals surface area contributed by atoms with Crippen LogP contribution in [0.5, 0.6) is 0 Å². The zero-order chi connectivity index (χ0) is 12.4. The van der Waals surface area contributed by atoms with Crippen LogP contribution in [0.2, 0.25) is 0 Å². The van der Waals surface area contributed by atoms with Crippen molar-refractivity contribution in [2.45, 2.75) is 27.2 Å². The minimum atomic E-state index is -3.01. The third kappa shape index (κ3) is 8.16. The molecule has 0 heterocycles. The van der Waals surface area contributed by atoms with Gasteiger partial charge in [-0.2, -0.15) is 0 Å². The lowest BCUT2D eigenvalue weighted by Gasteiger charge is -2.15. The van der Waals surface area contributed by atoms with Crippen LogP contribution in [-0.2, 0) is 23.1 Å². The normalized spacial score (nSPS) is 11.4. The van der Waals surface area contributed by atoms with E-state index in [4.69, 9.17) is 13.8 Å². The van der Waals surface area contributed by atoms with Gasteiger partial charge in [0.25, 0.3) is 0 Å². The van der Waals surface area contributed by atoms with E-state index in [1.807, 2.05) is 0 Å². The third-order valence-electron chi connectivity index (χ3n) is 1.42. The van der Waals surface area contributed by atoms with Crippen LogP contribution in [-0.4, -0.2) is 31.5 Å². The number of carbonyl (C=O) groups is 1. The van der Waals surface area contributed by atoms with E-state index in [1.54, 1.807) is 13.8 Å². The second-order valence-corrected chi connectivity index (χ2v) is 7.00. The molecule has 0 fully saturated rings. The topological polar surface area (TPSA) is 61.8 Å². The standard InChI is InChI=1S/C9H19O5PS/c1-4-13-15(11,14-5-2)16-8-6-7-12-9(3)10/h4-8H2,1-3H3. The Morgan fingerprint density at radius 2 is 1.81 bits per heavy atom. The number of carbonyl (C=O) groups excluding carboxylic acids is 1. The van der Waals surface area contributed by atoms with E-state index in [0.717, 1.165) is 11.4 Å². The van der Waals surface area contributed by atoms with Gasteiger partial charge in [0.15, 0.2) is 0 Å². The molecule has 0 atom stereocenters. The average Bonchev–Trinajstić information content (AvgIpc) is 2.17. The van der Waals surface area contributed by atoms with Crippen LogP contribution in [0.4, 0.5) is 0 Å². The Morgan fingerprint density at radius 1 is 1.25 bits per heavy atom. The molecule has 0 unspecified atom stereocenters. The SMILES string of the molecule is CCOP(=O)(OCC)SCCCOC(C)=O. The highest BCUT2D eigenvalue weighted by atomic mass is 32.7. The molecule has 0 aliphatic heterocycles. The number of hydrogen-bond acceptors (Lipinski definition) is 6. The summed E-state index contributed by atoms with van der Waals surface area (Å²) in [4.78, 5) is 10.5. The molecular weight excluding hydrogens is 251 g/mol. The summed E-state index contributed by atoms with van der Waals surface area (Å²) >= 11 is 1.14. The molecule has 0 radical (unpaired) electrons. The minimum absolute atomic E-state index is 0.303. The highest BCUT2D eigenvalue weighted by molar-refractivity contribution is 8.55. The average molecular weight is 270 g/mol. The largest absolute Gasteiger partial charge is 0.466 e. The first-order chi connectivity index (χ1) is 7.54. The molecule has 0 aromatic carbocycles. The predicted molar refractivity (Wildman–Crippen MR) is 64.6 cm³/mol. The van der Waals surface area contributed by atoms with Gasteiger partial charge in [-0.25, -0.2) is 4.57 Å². The van der Waals surface area contributed by atoms with Crippen molar-refractivity contribution in [2.75, 3.05) is 25.6 Å². The van der Waals surface area contributed by atoms with Gasteiger partial charge in [0.1, 0.15) is 0 Å². The van der Waals surface area contributed by atoms with Crippen molar-refractivity contribution in [3.05, 3.63) is 0 Å². The van der Waals surface area contributed by atoms with Gasteiger partial charge in [0.2, 0.25) is 0 Å². The highest BCUT2D eigenvalue weighted by Crippen LogP contribution is 2.60. The summed E-state index contributed by atoms with van der Waals surface area (Å²) in [5, 5.41) is 0. The van der Waals surface area contributed by atoms with Gasteiger partial charge >= 0.3 is 12.8 Å². The van der Waals surface area contributed by atoms with Crippen molar-refractivity contribution in [1.29, 1.82) is 0 Å². The van der Waals surface area contributed by atoms with Gasteiger partial charge < -0.3 is 13.8 Å². The lowest BCUT2D eigenvalue weighted by molar-refractivity contribution is -0.140. The fraction of sp³-hybridized carbons (Fsp3) is 0.889. The van der Waals surface area contributed by atoms with Gasteiger partial charge in [-0.1, -0.05) is 0 Å². The fourth-order valence-corrected chi connectivity index (χ4v) is 4.34. The maximum atomic E-state index is 11.9. The van der Waals surface area contributed by atoms with E-state index in [1.165, 1.54) is 6.92 Å². The van der Waals surface area contributed by atoms with E-state index in [2.05, 4.69) is 0 Å². The number of hydrogen-bond donors (Lipinski definition) is 0. The van der Waals surface area contributed by atoms with Gasteiger partial charge in [0, 0.05) is 12.7 Å². The van der Waals surface area contributed by atoms with E-state index in [9.17, 15) is 9.36 Å². The Morgan fingerprint density at radius 3 is 2.25 bits per heavy atom. The summed E-state index contributed by atoms with van der Waals surface area (Å²) in [6.45, 7) is 2.94. The van der Waals surface area contributed by atoms with Crippen molar-refractivity contribution in [2.24, 2.45) is 0 Å². The van der Waals surface area contributed by atoms with Crippen LogP contribution < -0.4 is 0 Å². The second kappa shape index (κ2) is 9.05. The molecular formula is C9H19O5PS. The fourth-order valence-electron chi connectivity index (χ4n) is 0.879. The predicted octanol–water partition coefficient (Wildman–Crippen LogP) is 2.85. The van der Waals surface area contributed by atoms with Crippen LogP contribution in [0.3, 0.4) is 0 Å². The van der Waals surface area contributed by atoms with Gasteiger partial charge in [-0.3, -0.25) is 4.79 Å². The zero-order valence-electron chi connectivity index (χ0n) is 9.93. The molecule has 0 bridgehead atoms. The molecule has 0 amide bonds. The Kier molecular flexibility index (Phi) is 9.03. The quantitative estimate of drug-likeness (QED) is 0.365. The first kappa shape index (κ1) is 16.0. The Hall–Kier alpha value is -0.0300. The molecule has 0 aromatic heterocycles. The Balaban J connectivity index is 3.76. The van der Waals surface area contributed by atoms with Crippen molar-refractivity contribution >= 4 is 24.1 Å². The van der Waals surface area contributed by atoms with Crippen LogP contribution in [0.25, 0.3) is 0 Å². The summed E-state index contributed by atoms with van der Waals surface area (Å²) < 4.78 is 26.8. The van der Waals surface area contributed by atoms with Gasteiger partial charge in [-0.15, -0.1) is 0 Å². The first-order valence-electron chi connectivity index (χ1n) is 5.21. The summed E-state index contributed by atoms with van der Waals surface area (Å²) in [6, 6.07) is 0. The molecule has 0 aliphatic rings. The van der Waals surface area contributed by atoms with Crippen molar-refractivity contribution in [3.63, 3.8) is 0 Å². The number of ether oxygens (including phenoxy) is 1. The highest BCUT2D eigenvalue weighted by Gasteiger charge is 2.23. The summed E-state index contributed by atoms with van der Waals surface area (Å²) in [6.07, 6.45) is 0.633. The summed E-state index contributed by atoms with van der Waals surface area (Å²) in [7, 11) is 0. The molecule has 5 nitrogen and oxygen atoms in total. The molecule has 0 spiro atoms. The Labute approximate surface area is 100 Å². The minimum Gasteiger partial charge on any atom is -0.466 e. The molecule has 0 aliphatic carbocycles. The molecule has 7 heteroatoms. The summed E-state index contributed by atoms with van der Waals surface area (Å²) in [5.74, 6) is 0.271. The van der Waals surface area contributed by atoms with Crippen LogP contribution in [0.15, 0.2) is 0 Å². The molecule has 0 saturated heterocycles. The van der Waals surface area contributed by atoms with Crippen molar-refractivity contribution in [3.8, 4) is 0 Å². The second-order valence-electron chi connectivity index (χ2n) is 2.81. The summed E-state index contributed by atoms with van der Waals surface area (Å²) in [5.41, 5.74) is 0. The van der Waals surface area contributed by atoms with Gasteiger partial charge in [-0.05, 0) is 31.7 Å².